The van der Waals surface area contributed by atoms with Gasteiger partial charge in [0, 0.05) is 31.3 Å². The maximum absolute atomic E-state index is 11.1. The molecule has 2 amide bonds. The minimum Gasteiger partial charge on any atom is -0.465 e. The van der Waals surface area contributed by atoms with Gasteiger partial charge in [0.25, 0.3) is 5.69 Å². The van der Waals surface area contributed by atoms with E-state index in [-0.39, 0.29) is 22.9 Å². The lowest BCUT2D eigenvalue weighted by Crippen LogP contribution is -2.28. The second-order valence-electron chi connectivity index (χ2n) is 5.12. The van der Waals surface area contributed by atoms with Crippen molar-refractivity contribution >= 4 is 23.4 Å². The molecule has 0 aliphatic carbocycles. The molecule has 0 unspecified atom stereocenters. The highest BCUT2D eigenvalue weighted by atomic mass is 16.6. The summed E-state index contributed by atoms with van der Waals surface area (Å²) in [5, 5.41) is 22.9. The third-order valence-electron chi connectivity index (χ3n) is 3.62. The van der Waals surface area contributed by atoms with Crippen LogP contribution in [0.25, 0.3) is 0 Å². The molecule has 0 bridgehead atoms. The fraction of sp³-hybridized carbons (Fsp3) is 0.385. The lowest BCUT2D eigenvalue weighted by Gasteiger charge is -2.14. The summed E-state index contributed by atoms with van der Waals surface area (Å²) in [4.78, 5) is 33.7. The molecule has 9 heteroatoms. The van der Waals surface area contributed by atoms with E-state index in [2.05, 4.69) is 5.32 Å². The first-order valence-electron chi connectivity index (χ1n) is 6.68. The van der Waals surface area contributed by atoms with E-state index in [1.807, 2.05) is 0 Å². The Balaban J connectivity index is 2.05. The van der Waals surface area contributed by atoms with Crippen LogP contribution in [0.15, 0.2) is 18.2 Å². The molecule has 1 aliphatic heterocycles. The number of nitrogens with two attached hydrogens (primary N) is 1. The molecule has 1 atom stereocenters. The van der Waals surface area contributed by atoms with Crippen molar-refractivity contribution in [3.05, 3.63) is 33.9 Å². The summed E-state index contributed by atoms with van der Waals surface area (Å²) in [5.74, 6) is -0.644. The maximum Gasteiger partial charge on any atom is 0.407 e. The van der Waals surface area contributed by atoms with E-state index in [9.17, 15) is 19.7 Å². The highest BCUT2D eigenvalue weighted by Gasteiger charge is 2.26. The number of nitro groups is 1. The third kappa shape index (κ3) is 3.43. The second kappa shape index (κ2) is 6.29. The Kier molecular flexibility index (Phi) is 4.44. The normalized spacial score (nSPS) is 17.3. The summed E-state index contributed by atoms with van der Waals surface area (Å²) in [7, 11) is 0. The number of rotatable bonds is 5. The summed E-state index contributed by atoms with van der Waals surface area (Å²) >= 11 is 0. The van der Waals surface area contributed by atoms with Crippen molar-refractivity contribution in [1.29, 1.82) is 0 Å². The van der Waals surface area contributed by atoms with Crippen LogP contribution in [-0.2, 0) is 0 Å². The van der Waals surface area contributed by atoms with Crippen molar-refractivity contribution in [2.45, 2.75) is 6.42 Å². The van der Waals surface area contributed by atoms with Gasteiger partial charge in [-0.1, -0.05) is 0 Å². The highest BCUT2D eigenvalue weighted by Crippen LogP contribution is 2.26. The lowest BCUT2D eigenvalue weighted by molar-refractivity contribution is -0.384. The molecule has 1 heterocycles. The van der Waals surface area contributed by atoms with Crippen LogP contribution in [0.4, 0.5) is 16.2 Å². The molecular formula is C13H16N4O5. The Bertz CT molecular complexity index is 618. The summed E-state index contributed by atoms with van der Waals surface area (Å²) in [6.45, 7) is 1.28. The number of carbonyl (C=O) groups excluding carboxylic acids is 1. The van der Waals surface area contributed by atoms with Gasteiger partial charge in [-0.05, 0) is 24.5 Å². The van der Waals surface area contributed by atoms with Gasteiger partial charge in [-0.15, -0.1) is 0 Å². The Morgan fingerprint density at radius 2 is 2.23 bits per heavy atom. The number of anilines is 1. The number of likely N-dealkylation sites (tertiary alicyclic amines) is 1. The van der Waals surface area contributed by atoms with E-state index in [1.54, 1.807) is 0 Å². The number of carbonyl (C=O) groups is 2. The number of hydrogen-bond donors (Lipinski definition) is 3. The van der Waals surface area contributed by atoms with Gasteiger partial charge in [0.15, 0.2) is 0 Å². The Morgan fingerprint density at radius 1 is 1.50 bits per heavy atom. The number of amides is 2. The molecule has 1 aliphatic rings. The van der Waals surface area contributed by atoms with Gasteiger partial charge in [0.2, 0.25) is 5.91 Å². The SMILES string of the molecule is NC(=O)c1ccc(NC[C@@H]2CCN(C(=O)O)C2)c([N+](=O)[O-])c1. The Labute approximate surface area is 125 Å². The average molecular weight is 308 g/mol. The van der Waals surface area contributed by atoms with Crippen LogP contribution in [0.5, 0.6) is 0 Å². The second-order valence-corrected chi connectivity index (χ2v) is 5.12. The minimum atomic E-state index is -0.959. The molecule has 9 nitrogen and oxygen atoms in total. The van der Waals surface area contributed by atoms with Crippen LogP contribution in [0.1, 0.15) is 16.8 Å². The molecule has 1 fully saturated rings. The molecule has 0 saturated carbocycles. The van der Waals surface area contributed by atoms with E-state index in [4.69, 9.17) is 10.8 Å². The third-order valence-corrected chi connectivity index (χ3v) is 3.62. The predicted molar refractivity (Wildman–Crippen MR) is 77.8 cm³/mol. The first-order valence-corrected chi connectivity index (χ1v) is 6.68. The Hall–Kier alpha value is -2.84. The number of benzene rings is 1. The molecule has 22 heavy (non-hydrogen) atoms. The van der Waals surface area contributed by atoms with Gasteiger partial charge in [0.05, 0.1) is 4.92 Å². The zero-order chi connectivity index (χ0) is 16.3. The molecule has 1 aromatic rings. The number of nitro benzene ring substituents is 1. The van der Waals surface area contributed by atoms with E-state index >= 15 is 0 Å². The van der Waals surface area contributed by atoms with Crippen molar-refractivity contribution in [1.82, 2.24) is 4.90 Å². The molecule has 4 N–H and O–H groups in total. The van der Waals surface area contributed by atoms with Gasteiger partial charge < -0.3 is 21.1 Å². The number of nitrogens with zero attached hydrogens (tertiary/aromatic N) is 2. The van der Waals surface area contributed by atoms with Crippen molar-refractivity contribution in [3.63, 3.8) is 0 Å². The standard InChI is InChI=1S/C13H16N4O5/c14-12(18)9-1-2-10(11(5-9)17(21)22)15-6-8-3-4-16(7-8)13(19)20/h1-2,5,8,15H,3-4,6-7H2,(H2,14,18)(H,19,20)/t8-/m0/s1. The zero-order valence-corrected chi connectivity index (χ0v) is 11.7. The monoisotopic (exact) mass is 308 g/mol. The van der Waals surface area contributed by atoms with Gasteiger partial charge in [-0.25, -0.2) is 4.79 Å². The Morgan fingerprint density at radius 3 is 2.77 bits per heavy atom. The molecule has 0 spiro atoms. The van der Waals surface area contributed by atoms with Crippen molar-refractivity contribution in [3.8, 4) is 0 Å². The molecule has 2 rings (SSSR count). The van der Waals surface area contributed by atoms with E-state index in [0.29, 0.717) is 26.1 Å². The predicted octanol–water partition coefficient (Wildman–Crippen LogP) is 1.11. The first kappa shape index (κ1) is 15.5. The lowest BCUT2D eigenvalue weighted by atomic mass is 10.1. The van der Waals surface area contributed by atoms with Crippen LogP contribution in [0, 0.1) is 16.0 Å². The van der Waals surface area contributed by atoms with Gasteiger partial charge in [0.1, 0.15) is 5.69 Å². The number of carboxylic acid groups (broad SMARTS) is 1. The molecule has 0 aromatic heterocycles. The van der Waals surface area contributed by atoms with Crippen LogP contribution in [-0.4, -0.2) is 46.6 Å². The fourth-order valence-electron chi connectivity index (χ4n) is 2.41. The molecule has 118 valence electrons. The van der Waals surface area contributed by atoms with E-state index in [1.165, 1.54) is 17.0 Å². The minimum absolute atomic E-state index is 0.0650. The smallest absolute Gasteiger partial charge is 0.407 e. The summed E-state index contributed by atoms with van der Waals surface area (Å²) < 4.78 is 0. The average Bonchev–Trinajstić information content (AvgIpc) is 2.93. The van der Waals surface area contributed by atoms with Gasteiger partial charge in [-0.2, -0.15) is 0 Å². The number of nitrogens with one attached hydrogen (secondary N) is 1. The van der Waals surface area contributed by atoms with E-state index in [0.717, 1.165) is 6.07 Å². The highest BCUT2D eigenvalue weighted by molar-refractivity contribution is 5.94. The van der Waals surface area contributed by atoms with E-state index < -0.39 is 16.9 Å². The van der Waals surface area contributed by atoms with Crippen LogP contribution < -0.4 is 11.1 Å². The molecule has 1 saturated heterocycles. The summed E-state index contributed by atoms with van der Waals surface area (Å²) in [6.07, 6.45) is -0.258. The van der Waals surface area contributed by atoms with Crippen LogP contribution in [0.3, 0.4) is 0 Å². The van der Waals surface area contributed by atoms with Crippen LogP contribution >= 0.6 is 0 Å². The number of primary amides is 1. The maximum atomic E-state index is 11.1. The van der Waals surface area contributed by atoms with Crippen molar-refractivity contribution in [2.75, 3.05) is 25.0 Å². The van der Waals surface area contributed by atoms with Crippen LogP contribution in [0.2, 0.25) is 0 Å². The molecule has 1 aromatic carbocycles. The van der Waals surface area contributed by atoms with Gasteiger partial charge in [-0.3, -0.25) is 14.9 Å². The topological polar surface area (TPSA) is 139 Å². The van der Waals surface area contributed by atoms with Gasteiger partial charge >= 0.3 is 6.09 Å². The zero-order valence-electron chi connectivity index (χ0n) is 11.7. The van der Waals surface area contributed by atoms with Crippen molar-refractivity contribution in [2.24, 2.45) is 11.7 Å². The van der Waals surface area contributed by atoms with Crippen molar-refractivity contribution < 1.29 is 19.6 Å². The first-order chi connectivity index (χ1) is 10.4. The largest absolute Gasteiger partial charge is 0.465 e. The summed E-state index contributed by atoms with van der Waals surface area (Å²) in [5.41, 5.74) is 5.22. The quantitative estimate of drug-likeness (QED) is 0.550. The summed E-state index contributed by atoms with van der Waals surface area (Å²) in [6, 6.07) is 3.97. The molecule has 0 radical (unpaired) electrons. The number of hydrogen-bond acceptors (Lipinski definition) is 5. The fourth-order valence-corrected chi connectivity index (χ4v) is 2.41. The molecular weight excluding hydrogens is 292 g/mol.